The zero-order valence-electron chi connectivity index (χ0n) is 10.8. The second-order valence-corrected chi connectivity index (χ2v) is 6.30. The van der Waals surface area contributed by atoms with E-state index in [1.165, 1.54) is 4.31 Å². The quantitative estimate of drug-likeness (QED) is 0.675. The highest BCUT2D eigenvalue weighted by Crippen LogP contribution is 2.06. The van der Waals surface area contributed by atoms with Crippen LogP contribution in [0.1, 0.15) is 34.1 Å². The van der Waals surface area contributed by atoms with Gasteiger partial charge in [-0.25, -0.2) is 4.72 Å². The molecule has 0 aliphatic heterocycles. The monoisotopic (exact) mass is 266 g/mol. The smallest absolute Gasteiger partial charge is 0.304 e. The second kappa shape index (κ2) is 6.93. The van der Waals surface area contributed by atoms with Crippen LogP contribution in [0.4, 0.5) is 0 Å². The number of hydrogen-bond donors (Lipinski definition) is 2. The summed E-state index contributed by atoms with van der Waals surface area (Å²) in [5.41, 5.74) is 0. The molecule has 0 bridgehead atoms. The summed E-state index contributed by atoms with van der Waals surface area (Å²) >= 11 is 0. The maximum absolute atomic E-state index is 11.9. The van der Waals surface area contributed by atoms with E-state index in [4.69, 9.17) is 5.11 Å². The Bertz CT molecular complexity index is 338. The van der Waals surface area contributed by atoms with Crippen LogP contribution in [0.2, 0.25) is 0 Å². The predicted octanol–water partition coefficient (Wildman–Crippen LogP) is 0.662. The first kappa shape index (κ1) is 16.3. The summed E-state index contributed by atoms with van der Waals surface area (Å²) < 4.78 is 27.5. The van der Waals surface area contributed by atoms with Gasteiger partial charge in [-0.2, -0.15) is 12.7 Å². The molecule has 0 aromatic rings. The lowest BCUT2D eigenvalue weighted by atomic mass is 10.2. The number of carboxylic acids is 1. The van der Waals surface area contributed by atoms with E-state index in [-0.39, 0.29) is 24.9 Å². The van der Waals surface area contributed by atoms with Gasteiger partial charge < -0.3 is 5.11 Å². The van der Waals surface area contributed by atoms with Gasteiger partial charge in [0.2, 0.25) is 0 Å². The van der Waals surface area contributed by atoms with Gasteiger partial charge in [-0.1, -0.05) is 13.8 Å². The SMILES string of the molecule is CC(C)CNS(=O)(=O)N(CCC(=O)O)C(C)C. The van der Waals surface area contributed by atoms with Crippen LogP contribution in [0.5, 0.6) is 0 Å². The van der Waals surface area contributed by atoms with E-state index in [1.54, 1.807) is 13.8 Å². The molecule has 102 valence electrons. The van der Waals surface area contributed by atoms with Gasteiger partial charge in [-0.15, -0.1) is 0 Å². The highest BCUT2D eigenvalue weighted by Gasteiger charge is 2.24. The predicted molar refractivity (Wildman–Crippen MR) is 65.9 cm³/mol. The number of nitrogens with zero attached hydrogens (tertiary/aromatic N) is 1. The van der Waals surface area contributed by atoms with Gasteiger partial charge in [0.1, 0.15) is 0 Å². The number of carboxylic acid groups (broad SMARTS) is 1. The molecule has 0 saturated heterocycles. The molecule has 0 spiro atoms. The van der Waals surface area contributed by atoms with Gasteiger partial charge in [0.15, 0.2) is 0 Å². The molecule has 0 aliphatic carbocycles. The summed E-state index contributed by atoms with van der Waals surface area (Å²) in [4.78, 5) is 10.5. The van der Waals surface area contributed by atoms with Crippen LogP contribution in [0.15, 0.2) is 0 Å². The minimum absolute atomic E-state index is 0.0135. The first-order valence-electron chi connectivity index (χ1n) is 5.65. The number of aliphatic carboxylic acids is 1. The molecule has 2 N–H and O–H groups in total. The number of nitrogens with one attached hydrogen (secondary N) is 1. The maximum Gasteiger partial charge on any atom is 0.304 e. The van der Waals surface area contributed by atoms with Crippen molar-refractivity contribution in [1.82, 2.24) is 9.03 Å². The molecule has 0 fully saturated rings. The van der Waals surface area contributed by atoms with Crippen molar-refractivity contribution in [2.24, 2.45) is 5.92 Å². The summed E-state index contributed by atoms with van der Waals surface area (Å²) in [6.07, 6.45) is -0.194. The fraction of sp³-hybridized carbons (Fsp3) is 0.900. The molecule has 0 aliphatic rings. The van der Waals surface area contributed by atoms with Gasteiger partial charge in [-0.3, -0.25) is 4.79 Å². The fourth-order valence-electron chi connectivity index (χ4n) is 1.22. The lowest BCUT2D eigenvalue weighted by Gasteiger charge is -2.25. The molecule has 0 heterocycles. The van der Waals surface area contributed by atoms with E-state index in [9.17, 15) is 13.2 Å². The van der Waals surface area contributed by atoms with E-state index in [0.29, 0.717) is 6.54 Å². The highest BCUT2D eigenvalue weighted by atomic mass is 32.2. The molecule has 0 aromatic carbocycles. The van der Waals surface area contributed by atoms with Crippen LogP contribution < -0.4 is 4.72 Å². The first-order valence-corrected chi connectivity index (χ1v) is 7.09. The Morgan fingerprint density at radius 3 is 2.18 bits per heavy atom. The van der Waals surface area contributed by atoms with E-state index in [1.807, 2.05) is 13.8 Å². The Morgan fingerprint density at radius 2 is 1.82 bits per heavy atom. The van der Waals surface area contributed by atoms with Crippen LogP contribution in [0.25, 0.3) is 0 Å². The van der Waals surface area contributed by atoms with Crippen molar-refractivity contribution in [3.05, 3.63) is 0 Å². The van der Waals surface area contributed by atoms with Gasteiger partial charge in [0, 0.05) is 19.1 Å². The normalized spacial score (nSPS) is 12.6. The van der Waals surface area contributed by atoms with Crippen molar-refractivity contribution in [2.75, 3.05) is 13.1 Å². The standard InChI is InChI=1S/C10H22N2O4S/c1-8(2)7-11-17(15,16)12(9(3)4)6-5-10(13)14/h8-9,11H,5-7H2,1-4H3,(H,13,14). The van der Waals surface area contributed by atoms with Gasteiger partial charge in [-0.05, 0) is 19.8 Å². The van der Waals surface area contributed by atoms with E-state index >= 15 is 0 Å². The van der Waals surface area contributed by atoms with Gasteiger partial charge in [0.25, 0.3) is 10.2 Å². The number of hydrogen-bond acceptors (Lipinski definition) is 3. The molecule has 0 unspecified atom stereocenters. The number of rotatable bonds is 8. The van der Waals surface area contributed by atoms with Crippen LogP contribution in [0.3, 0.4) is 0 Å². The van der Waals surface area contributed by atoms with E-state index in [0.717, 1.165) is 0 Å². The zero-order chi connectivity index (χ0) is 13.6. The molecule has 0 amide bonds. The Kier molecular flexibility index (Phi) is 6.66. The third-order valence-electron chi connectivity index (χ3n) is 2.10. The Balaban J connectivity index is 4.62. The van der Waals surface area contributed by atoms with Crippen molar-refractivity contribution in [3.8, 4) is 0 Å². The zero-order valence-corrected chi connectivity index (χ0v) is 11.6. The van der Waals surface area contributed by atoms with Gasteiger partial charge >= 0.3 is 5.97 Å². The molecule has 7 heteroatoms. The molecule has 17 heavy (non-hydrogen) atoms. The lowest BCUT2D eigenvalue weighted by Crippen LogP contribution is -2.46. The largest absolute Gasteiger partial charge is 0.481 e. The van der Waals surface area contributed by atoms with Crippen molar-refractivity contribution in [3.63, 3.8) is 0 Å². The Morgan fingerprint density at radius 1 is 1.29 bits per heavy atom. The average molecular weight is 266 g/mol. The molecular formula is C10H22N2O4S. The molecule has 0 aromatic heterocycles. The summed E-state index contributed by atoms with van der Waals surface area (Å²) in [6.45, 7) is 7.57. The van der Waals surface area contributed by atoms with Crippen LogP contribution in [0, 0.1) is 5.92 Å². The van der Waals surface area contributed by atoms with Gasteiger partial charge in [0.05, 0.1) is 6.42 Å². The molecule has 0 rings (SSSR count). The summed E-state index contributed by atoms with van der Waals surface area (Å²) in [5.74, 6) is -0.798. The molecule has 0 saturated carbocycles. The lowest BCUT2D eigenvalue weighted by molar-refractivity contribution is -0.137. The van der Waals surface area contributed by atoms with E-state index in [2.05, 4.69) is 4.72 Å². The summed E-state index contributed by atoms with van der Waals surface area (Å²) in [5, 5.41) is 8.59. The average Bonchev–Trinajstić information content (AvgIpc) is 2.13. The van der Waals surface area contributed by atoms with E-state index < -0.39 is 16.2 Å². The summed E-state index contributed by atoms with van der Waals surface area (Å²) in [6, 6.07) is -0.265. The third-order valence-corrected chi connectivity index (χ3v) is 3.86. The van der Waals surface area contributed by atoms with Crippen molar-refractivity contribution in [2.45, 2.75) is 40.2 Å². The Labute approximate surface area is 103 Å². The number of carbonyl (C=O) groups is 1. The fourth-order valence-corrected chi connectivity index (χ4v) is 2.81. The molecule has 0 radical (unpaired) electrons. The van der Waals surface area contributed by atoms with Crippen LogP contribution >= 0.6 is 0 Å². The molecule has 0 atom stereocenters. The third kappa shape index (κ3) is 6.60. The summed E-state index contributed by atoms with van der Waals surface area (Å²) in [7, 11) is -3.59. The van der Waals surface area contributed by atoms with Crippen LogP contribution in [-0.4, -0.2) is 42.9 Å². The minimum atomic E-state index is -3.59. The van der Waals surface area contributed by atoms with Crippen molar-refractivity contribution < 1.29 is 18.3 Å². The highest BCUT2D eigenvalue weighted by molar-refractivity contribution is 7.87. The topological polar surface area (TPSA) is 86.7 Å². The van der Waals surface area contributed by atoms with Crippen LogP contribution in [-0.2, 0) is 15.0 Å². The van der Waals surface area contributed by atoms with Crippen molar-refractivity contribution >= 4 is 16.2 Å². The minimum Gasteiger partial charge on any atom is -0.481 e. The second-order valence-electron chi connectivity index (χ2n) is 4.60. The van der Waals surface area contributed by atoms with Crippen molar-refractivity contribution in [1.29, 1.82) is 0 Å². The molecular weight excluding hydrogens is 244 g/mol. The molecule has 6 nitrogen and oxygen atoms in total. The maximum atomic E-state index is 11.9. The first-order chi connectivity index (χ1) is 7.66. The Hall–Kier alpha value is -0.660.